The molecule has 0 radical (unpaired) electrons. The SMILES string of the molecule is Cc1cc(OCC2CNCCO2)c(F)cc1[N+](=O)[O-]. The van der Waals surface area contributed by atoms with E-state index in [4.69, 9.17) is 9.47 Å². The molecule has 1 aromatic carbocycles. The molecular weight excluding hydrogens is 255 g/mol. The first kappa shape index (κ1) is 13.7. The van der Waals surface area contributed by atoms with Crippen molar-refractivity contribution in [2.24, 2.45) is 0 Å². The van der Waals surface area contributed by atoms with Gasteiger partial charge < -0.3 is 14.8 Å². The number of hydrogen-bond acceptors (Lipinski definition) is 5. The average Bonchev–Trinajstić information content (AvgIpc) is 2.40. The molecule has 1 heterocycles. The predicted octanol–water partition coefficient (Wildman–Crippen LogP) is 1.41. The maximum absolute atomic E-state index is 13.7. The van der Waals surface area contributed by atoms with Gasteiger partial charge in [0.2, 0.25) is 0 Å². The number of aryl methyl sites for hydroxylation is 1. The molecule has 7 heteroatoms. The van der Waals surface area contributed by atoms with Gasteiger partial charge in [0.1, 0.15) is 12.7 Å². The van der Waals surface area contributed by atoms with Gasteiger partial charge >= 0.3 is 0 Å². The standard InChI is InChI=1S/C12H15FN2O4/c1-8-4-12(10(13)5-11(8)15(16)17)19-7-9-6-14-2-3-18-9/h4-5,9,14H,2-3,6-7H2,1H3. The zero-order chi connectivity index (χ0) is 13.8. The zero-order valence-electron chi connectivity index (χ0n) is 10.5. The van der Waals surface area contributed by atoms with Crippen LogP contribution in [0.15, 0.2) is 12.1 Å². The number of morpholine rings is 1. The molecule has 1 saturated heterocycles. The minimum Gasteiger partial charge on any atom is -0.488 e. The number of benzene rings is 1. The van der Waals surface area contributed by atoms with Crippen LogP contribution in [-0.2, 0) is 4.74 Å². The van der Waals surface area contributed by atoms with Crippen LogP contribution in [0.2, 0.25) is 0 Å². The summed E-state index contributed by atoms with van der Waals surface area (Å²) < 4.78 is 24.4. The van der Waals surface area contributed by atoms with E-state index in [1.54, 1.807) is 6.92 Å². The van der Waals surface area contributed by atoms with E-state index in [9.17, 15) is 14.5 Å². The van der Waals surface area contributed by atoms with Crippen molar-refractivity contribution in [3.05, 3.63) is 33.6 Å². The van der Waals surface area contributed by atoms with Gasteiger partial charge in [0.05, 0.1) is 17.6 Å². The minimum atomic E-state index is -0.735. The van der Waals surface area contributed by atoms with Crippen LogP contribution in [-0.4, -0.2) is 37.3 Å². The van der Waals surface area contributed by atoms with Gasteiger partial charge in [-0.1, -0.05) is 0 Å². The molecule has 1 unspecified atom stereocenters. The van der Waals surface area contributed by atoms with E-state index in [1.165, 1.54) is 6.07 Å². The quantitative estimate of drug-likeness (QED) is 0.661. The molecule has 1 aliphatic rings. The van der Waals surface area contributed by atoms with Crippen LogP contribution < -0.4 is 10.1 Å². The molecule has 0 amide bonds. The van der Waals surface area contributed by atoms with Crippen LogP contribution >= 0.6 is 0 Å². The van der Waals surface area contributed by atoms with Gasteiger partial charge in [-0.15, -0.1) is 0 Å². The van der Waals surface area contributed by atoms with Crippen LogP contribution in [0, 0.1) is 22.9 Å². The Bertz CT molecular complexity index is 475. The number of nitrogens with one attached hydrogen (secondary N) is 1. The summed E-state index contributed by atoms with van der Waals surface area (Å²) in [5.41, 5.74) is 0.115. The second kappa shape index (κ2) is 5.94. The van der Waals surface area contributed by atoms with Gasteiger partial charge in [-0.05, 0) is 13.0 Å². The Morgan fingerprint density at radius 1 is 1.63 bits per heavy atom. The zero-order valence-corrected chi connectivity index (χ0v) is 10.5. The Kier molecular flexibility index (Phi) is 4.28. The molecule has 1 aromatic rings. The summed E-state index contributed by atoms with van der Waals surface area (Å²) in [5, 5.41) is 13.8. The Labute approximate surface area is 109 Å². The maximum Gasteiger partial charge on any atom is 0.275 e. The topological polar surface area (TPSA) is 73.6 Å². The Morgan fingerprint density at radius 2 is 2.42 bits per heavy atom. The van der Waals surface area contributed by atoms with Crippen LogP contribution in [0.5, 0.6) is 5.75 Å². The number of nitrogens with zero attached hydrogens (tertiary/aromatic N) is 1. The Morgan fingerprint density at radius 3 is 3.05 bits per heavy atom. The number of ether oxygens (including phenoxy) is 2. The first-order chi connectivity index (χ1) is 9.08. The Hall–Kier alpha value is -1.73. The molecule has 6 nitrogen and oxygen atoms in total. The van der Waals surface area contributed by atoms with Gasteiger partial charge in [0, 0.05) is 18.7 Å². The highest BCUT2D eigenvalue weighted by Gasteiger charge is 2.18. The van der Waals surface area contributed by atoms with Crippen molar-refractivity contribution in [3.63, 3.8) is 0 Å². The third-order valence-corrected chi connectivity index (χ3v) is 2.88. The number of nitro groups is 1. The molecule has 104 valence electrons. The smallest absolute Gasteiger partial charge is 0.275 e. The summed E-state index contributed by atoms with van der Waals surface area (Å²) >= 11 is 0. The predicted molar refractivity (Wildman–Crippen MR) is 65.9 cm³/mol. The van der Waals surface area contributed by atoms with E-state index in [0.717, 1.165) is 12.6 Å². The van der Waals surface area contributed by atoms with Crippen molar-refractivity contribution >= 4 is 5.69 Å². The van der Waals surface area contributed by atoms with Gasteiger partial charge in [-0.3, -0.25) is 10.1 Å². The first-order valence-electron chi connectivity index (χ1n) is 5.97. The van der Waals surface area contributed by atoms with Gasteiger partial charge in [-0.2, -0.15) is 0 Å². The fourth-order valence-corrected chi connectivity index (χ4v) is 1.86. The van der Waals surface area contributed by atoms with Gasteiger partial charge in [-0.25, -0.2) is 4.39 Å². The summed E-state index contributed by atoms with van der Waals surface area (Å²) in [6.45, 7) is 3.79. The van der Waals surface area contributed by atoms with Gasteiger partial charge in [0.25, 0.3) is 5.69 Å². The molecule has 1 N–H and O–H groups in total. The van der Waals surface area contributed by atoms with Crippen molar-refractivity contribution in [2.75, 3.05) is 26.3 Å². The van der Waals surface area contributed by atoms with Gasteiger partial charge in [0.15, 0.2) is 11.6 Å². The summed E-state index contributed by atoms with van der Waals surface area (Å²) in [6, 6.07) is 2.22. The van der Waals surface area contributed by atoms with Crippen molar-refractivity contribution in [1.29, 1.82) is 0 Å². The molecule has 0 bridgehead atoms. The van der Waals surface area contributed by atoms with E-state index in [-0.39, 0.29) is 24.1 Å². The Balaban J connectivity index is 2.04. The number of halogens is 1. The third kappa shape index (κ3) is 3.39. The van der Waals surface area contributed by atoms with E-state index in [2.05, 4.69) is 5.32 Å². The average molecular weight is 270 g/mol. The van der Waals surface area contributed by atoms with E-state index in [1.807, 2.05) is 0 Å². The van der Waals surface area contributed by atoms with Crippen molar-refractivity contribution in [2.45, 2.75) is 13.0 Å². The number of rotatable bonds is 4. The monoisotopic (exact) mass is 270 g/mol. The lowest BCUT2D eigenvalue weighted by atomic mass is 10.2. The lowest BCUT2D eigenvalue weighted by Crippen LogP contribution is -2.41. The van der Waals surface area contributed by atoms with Crippen LogP contribution in [0.1, 0.15) is 5.56 Å². The molecule has 19 heavy (non-hydrogen) atoms. The lowest BCUT2D eigenvalue weighted by molar-refractivity contribution is -0.385. The second-order valence-electron chi connectivity index (χ2n) is 4.33. The van der Waals surface area contributed by atoms with E-state index >= 15 is 0 Å². The van der Waals surface area contributed by atoms with Crippen molar-refractivity contribution in [1.82, 2.24) is 5.32 Å². The molecule has 1 aliphatic heterocycles. The first-order valence-corrected chi connectivity index (χ1v) is 5.97. The van der Waals surface area contributed by atoms with Crippen LogP contribution in [0.3, 0.4) is 0 Å². The fourth-order valence-electron chi connectivity index (χ4n) is 1.86. The van der Waals surface area contributed by atoms with Crippen molar-refractivity contribution < 1.29 is 18.8 Å². The molecule has 0 saturated carbocycles. The molecule has 0 aromatic heterocycles. The summed E-state index contributed by atoms with van der Waals surface area (Å²) in [5.74, 6) is -0.724. The lowest BCUT2D eigenvalue weighted by Gasteiger charge is -2.23. The maximum atomic E-state index is 13.7. The van der Waals surface area contributed by atoms with Crippen LogP contribution in [0.25, 0.3) is 0 Å². The molecule has 2 rings (SSSR count). The third-order valence-electron chi connectivity index (χ3n) is 2.88. The minimum absolute atomic E-state index is 0.0114. The van der Waals surface area contributed by atoms with Crippen LogP contribution in [0.4, 0.5) is 10.1 Å². The largest absolute Gasteiger partial charge is 0.488 e. The molecule has 0 aliphatic carbocycles. The normalized spacial score (nSPS) is 19.2. The highest BCUT2D eigenvalue weighted by Crippen LogP contribution is 2.27. The second-order valence-corrected chi connectivity index (χ2v) is 4.33. The highest BCUT2D eigenvalue weighted by atomic mass is 19.1. The molecule has 1 fully saturated rings. The summed E-state index contributed by atoms with van der Waals surface area (Å²) in [6.07, 6.45) is -0.136. The van der Waals surface area contributed by atoms with E-state index in [0.29, 0.717) is 18.7 Å². The molecule has 0 spiro atoms. The highest BCUT2D eigenvalue weighted by molar-refractivity contribution is 5.45. The fraction of sp³-hybridized carbons (Fsp3) is 0.500. The summed E-state index contributed by atoms with van der Waals surface area (Å²) in [7, 11) is 0. The molecule has 1 atom stereocenters. The van der Waals surface area contributed by atoms with E-state index < -0.39 is 10.7 Å². The number of nitro benzene ring substituents is 1. The van der Waals surface area contributed by atoms with Crippen molar-refractivity contribution in [3.8, 4) is 5.75 Å². The summed E-state index contributed by atoms with van der Waals surface area (Å²) in [4.78, 5) is 10.0. The molecular formula is C12H15FN2O4. The number of hydrogen-bond donors (Lipinski definition) is 1.